The van der Waals surface area contributed by atoms with Gasteiger partial charge in [0.1, 0.15) is 25.8 Å². The number of para-hydroxylation sites is 1. The SMILES string of the molecule is COCCCc1ccc(Cl)c(CN(C(=O)C2=C(c3ccc(OCCOc4c(Cl)cccc4Cl)cc3)CCN[C@@H]2COCOC)C2CC2)c1. The molecule has 0 bridgehead atoms. The number of carbonyl (C=O) groups excluding carboxylic acids is 1. The Kier molecular flexibility index (Phi) is 13.9. The van der Waals surface area contributed by atoms with E-state index >= 15 is 0 Å². The van der Waals surface area contributed by atoms with Crippen molar-refractivity contribution in [3.05, 3.63) is 98.0 Å². The minimum absolute atomic E-state index is 0.00211. The zero-order valence-corrected chi connectivity index (χ0v) is 29.7. The highest BCUT2D eigenvalue weighted by atomic mass is 35.5. The number of nitrogens with one attached hydrogen (secondary N) is 1. The number of carbonyl (C=O) groups is 1. The maximum atomic E-state index is 14.6. The molecule has 258 valence electrons. The van der Waals surface area contributed by atoms with Crippen LogP contribution < -0.4 is 14.8 Å². The third-order valence-corrected chi connectivity index (χ3v) is 9.35. The maximum Gasteiger partial charge on any atom is 0.252 e. The van der Waals surface area contributed by atoms with Gasteiger partial charge < -0.3 is 33.9 Å². The highest BCUT2D eigenvalue weighted by Crippen LogP contribution is 2.36. The van der Waals surface area contributed by atoms with E-state index in [1.165, 1.54) is 5.56 Å². The van der Waals surface area contributed by atoms with E-state index in [4.69, 9.17) is 58.5 Å². The number of ether oxygens (including phenoxy) is 5. The fraction of sp³-hybridized carbons (Fsp3) is 0.432. The molecule has 0 unspecified atom stereocenters. The van der Waals surface area contributed by atoms with Crippen molar-refractivity contribution in [1.82, 2.24) is 10.2 Å². The Morgan fingerprint density at radius 2 is 1.65 bits per heavy atom. The zero-order valence-electron chi connectivity index (χ0n) is 27.4. The van der Waals surface area contributed by atoms with Crippen LogP contribution >= 0.6 is 34.8 Å². The van der Waals surface area contributed by atoms with Crippen molar-refractivity contribution in [3.63, 3.8) is 0 Å². The first-order valence-corrected chi connectivity index (χ1v) is 17.4. The summed E-state index contributed by atoms with van der Waals surface area (Å²) in [6.07, 6.45) is 4.44. The van der Waals surface area contributed by atoms with Crippen LogP contribution in [0.4, 0.5) is 0 Å². The average molecular weight is 718 g/mol. The van der Waals surface area contributed by atoms with Crippen molar-refractivity contribution in [2.45, 2.75) is 50.7 Å². The Morgan fingerprint density at radius 3 is 2.35 bits per heavy atom. The summed E-state index contributed by atoms with van der Waals surface area (Å²) in [4.78, 5) is 16.6. The van der Waals surface area contributed by atoms with Crippen LogP contribution in [0.25, 0.3) is 5.57 Å². The van der Waals surface area contributed by atoms with Crippen molar-refractivity contribution in [1.29, 1.82) is 0 Å². The van der Waals surface area contributed by atoms with E-state index in [0.29, 0.717) is 65.9 Å². The van der Waals surface area contributed by atoms with E-state index < -0.39 is 0 Å². The van der Waals surface area contributed by atoms with E-state index in [9.17, 15) is 4.79 Å². The molecule has 11 heteroatoms. The molecule has 0 radical (unpaired) electrons. The van der Waals surface area contributed by atoms with E-state index in [0.717, 1.165) is 48.0 Å². The van der Waals surface area contributed by atoms with Crippen molar-refractivity contribution < 1.29 is 28.5 Å². The molecule has 48 heavy (non-hydrogen) atoms. The van der Waals surface area contributed by atoms with E-state index in [2.05, 4.69) is 17.4 Å². The summed E-state index contributed by atoms with van der Waals surface area (Å²) in [6, 6.07) is 19.1. The van der Waals surface area contributed by atoms with Gasteiger partial charge in [-0.25, -0.2) is 0 Å². The number of benzene rings is 3. The smallest absolute Gasteiger partial charge is 0.252 e. The van der Waals surface area contributed by atoms with Crippen LogP contribution in [0.3, 0.4) is 0 Å². The fourth-order valence-corrected chi connectivity index (χ4v) is 6.56. The normalized spacial score (nSPS) is 16.2. The number of rotatable bonds is 18. The van der Waals surface area contributed by atoms with Crippen LogP contribution in [0.5, 0.6) is 11.5 Å². The molecule has 1 aliphatic heterocycles. The topological polar surface area (TPSA) is 78.5 Å². The van der Waals surface area contributed by atoms with Crippen molar-refractivity contribution in [2.75, 3.05) is 54.0 Å². The lowest BCUT2D eigenvalue weighted by Gasteiger charge is -2.33. The third-order valence-electron chi connectivity index (χ3n) is 8.39. The average Bonchev–Trinajstić information content (AvgIpc) is 3.93. The van der Waals surface area contributed by atoms with E-state index in [1.807, 2.05) is 35.2 Å². The Balaban J connectivity index is 1.35. The van der Waals surface area contributed by atoms with Crippen LogP contribution in [0.2, 0.25) is 15.1 Å². The molecule has 1 aliphatic carbocycles. The third kappa shape index (κ3) is 9.88. The van der Waals surface area contributed by atoms with Crippen LogP contribution in [0.15, 0.2) is 66.2 Å². The summed E-state index contributed by atoms with van der Waals surface area (Å²) in [6.45, 7) is 2.89. The quantitative estimate of drug-likeness (QED) is 0.107. The molecule has 1 atom stereocenters. The molecule has 5 rings (SSSR count). The maximum absolute atomic E-state index is 14.6. The lowest BCUT2D eigenvalue weighted by Crippen LogP contribution is -2.47. The first kappa shape index (κ1) is 36.5. The molecule has 1 amide bonds. The summed E-state index contributed by atoms with van der Waals surface area (Å²) in [7, 11) is 3.30. The largest absolute Gasteiger partial charge is 0.490 e. The second kappa shape index (κ2) is 18.3. The van der Waals surface area contributed by atoms with Gasteiger partial charge >= 0.3 is 0 Å². The minimum Gasteiger partial charge on any atom is -0.490 e. The Labute approximate surface area is 298 Å². The fourth-order valence-electron chi connectivity index (χ4n) is 5.88. The van der Waals surface area contributed by atoms with E-state index in [-0.39, 0.29) is 31.4 Å². The molecule has 0 spiro atoms. The van der Waals surface area contributed by atoms with Gasteiger partial charge in [0.25, 0.3) is 5.91 Å². The number of hydrogen-bond donors (Lipinski definition) is 1. The van der Waals surface area contributed by atoms with Crippen LogP contribution in [0, 0.1) is 0 Å². The number of halogens is 3. The van der Waals surface area contributed by atoms with Gasteiger partial charge in [-0.2, -0.15) is 0 Å². The molecule has 1 saturated carbocycles. The van der Waals surface area contributed by atoms with Crippen molar-refractivity contribution >= 4 is 46.3 Å². The molecule has 1 N–H and O–H groups in total. The first-order chi connectivity index (χ1) is 23.4. The molecular formula is C37H43Cl3N2O6. The van der Waals surface area contributed by atoms with Gasteiger partial charge in [-0.15, -0.1) is 0 Å². The zero-order chi connectivity index (χ0) is 33.9. The lowest BCUT2D eigenvalue weighted by atomic mass is 9.88. The predicted octanol–water partition coefficient (Wildman–Crippen LogP) is 7.61. The molecule has 3 aromatic carbocycles. The van der Waals surface area contributed by atoms with Gasteiger partial charge in [0.15, 0.2) is 5.75 Å². The summed E-state index contributed by atoms with van der Waals surface area (Å²) >= 11 is 19.1. The number of amides is 1. The molecular weight excluding hydrogens is 675 g/mol. The number of nitrogens with zero attached hydrogens (tertiary/aromatic N) is 1. The standard InChI is InChI=1S/C37H43Cl3N2O6/c1-44-18-4-5-25-8-15-31(38)27(21-25)22-42(28-11-12-28)37(43)35-30(16-17-41-34(35)23-46-24-45-2)26-9-13-29(14-10-26)47-19-20-48-36-32(39)6-3-7-33(36)40/h3,6-10,13-15,21,28,34,41H,4-5,11-12,16-20,22-24H2,1-2H3/t34-/m1/s1. The van der Waals surface area contributed by atoms with Gasteiger partial charge in [0, 0.05) is 44.0 Å². The summed E-state index contributed by atoms with van der Waals surface area (Å²) < 4.78 is 27.9. The van der Waals surface area contributed by atoms with E-state index in [1.54, 1.807) is 32.4 Å². The predicted molar refractivity (Wildman–Crippen MR) is 190 cm³/mol. The molecule has 8 nitrogen and oxygen atoms in total. The lowest BCUT2D eigenvalue weighted by molar-refractivity contribution is -0.129. The number of hydrogen-bond acceptors (Lipinski definition) is 7. The highest BCUT2D eigenvalue weighted by Gasteiger charge is 2.38. The molecule has 0 aromatic heterocycles. The summed E-state index contributed by atoms with van der Waals surface area (Å²) in [5, 5.41) is 5.09. The second-order valence-electron chi connectivity index (χ2n) is 11.9. The second-order valence-corrected chi connectivity index (χ2v) is 13.1. The molecule has 0 saturated heterocycles. The highest BCUT2D eigenvalue weighted by molar-refractivity contribution is 6.37. The number of methoxy groups -OCH3 is 2. The van der Waals surface area contributed by atoms with Crippen molar-refractivity contribution in [3.8, 4) is 11.5 Å². The Morgan fingerprint density at radius 1 is 0.896 bits per heavy atom. The summed E-state index contributed by atoms with van der Waals surface area (Å²) in [5.41, 5.74) is 4.82. The van der Waals surface area contributed by atoms with Gasteiger partial charge in [0.05, 0.1) is 22.7 Å². The van der Waals surface area contributed by atoms with Gasteiger partial charge in [-0.1, -0.05) is 65.1 Å². The monoisotopic (exact) mass is 716 g/mol. The molecule has 1 heterocycles. The van der Waals surface area contributed by atoms with Gasteiger partial charge in [-0.05, 0) is 91.2 Å². The Bertz CT molecular complexity index is 1530. The first-order valence-electron chi connectivity index (χ1n) is 16.3. The summed E-state index contributed by atoms with van der Waals surface area (Å²) in [5.74, 6) is 1.13. The van der Waals surface area contributed by atoms with Gasteiger partial charge in [0.2, 0.25) is 0 Å². The van der Waals surface area contributed by atoms with Crippen LogP contribution in [-0.4, -0.2) is 76.9 Å². The Hall–Kier alpha value is -2.82. The molecule has 1 fully saturated rings. The van der Waals surface area contributed by atoms with Crippen molar-refractivity contribution in [2.24, 2.45) is 0 Å². The van der Waals surface area contributed by atoms with Crippen LogP contribution in [0.1, 0.15) is 42.4 Å². The van der Waals surface area contributed by atoms with Crippen LogP contribution in [-0.2, 0) is 32.0 Å². The molecule has 2 aliphatic rings. The minimum atomic E-state index is -0.293. The van der Waals surface area contributed by atoms with Gasteiger partial charge in [-0.3, -0.25) is 4.79 Å². The number of aryl methyl sites for hydroxylation is 1. The molecule has 3 aromatic rings.